The van der Waals surface area contributed by atoms with Gasteiger partial charge in [0, 0.05) is 11.8 Å². The molecular weight excluding hydrogens is 242 g/mol. The molecule has 2 unspecified atom stereocenters. The maximum absolute atomic E-state index is 12.4. The fraction of sp³-hybridized carbons (Fsp3) is 0.467. The van der Waals surface area contributed by atoms with Crippen LogP contribution in [0.2, 0.25) is 0 Å². The van der Waals surface area contributed by atoms with Gasteiger partial charge in [-0.2, -0.15) is 0 Å². The van der Waals surface area contributed by atoms with Crippen molar-refractivity contribution < 1.29 is 14.7 Å². The lowest BCUT2D eigenvalue weighted by Gasteiger charge is -2.31. The average molecular weight is 259 g/mol. The molecule has 2 aliphatic rings. The van der Waals surface area contributed by atoms with Gasteiger partial charge in [0.2, 0.25) is 11.8 Å². The van der Waals surface area contributed by atoms with Crippen molar-refractivity contribution in [2.24, 2.45) is 11.8 Å². The van der Waals surface area contributed by atoms with Crippen molar-refractivity contribution in [3.8, 4) is 5.75 Å². The van der Waals surface area contributed by atoms with Gasteiger partial charge < -0.3 is 5.11 Å². The van der Waals surface area contributed by atoms with E-state index in [0.717, 1.165) is 18.4 Å². The third-order valence-electron chi connectivity index (χ3n) is 4.33. The maximum Gasteiger partial charge on any atom is 0.236 e. The molecule has 4 heteroatoms. The van der Waals surface area contributed by atoms with Gasteiger partial charge in [-0.1, -0.05) is 0 Å². The highest BCUT2D eigenvalue weighted by Crippen LogP contribution is 2.41. The quantitative estimate of drug-likeness (QED) is 0.787. The van der Waals surface area contributed by atoms with E-state index < -0.39 is 0 Å². The number of rotatable bonds is 1. The summed E-state index contributed by atoms with van der Waals surface area (Å²) in [6, 6.07) is 3.34. The summed E-state index contributed by atoms with van der Waals surface area (Å²) in [6.07, 6.45) is 2.36. The van der Waals surface area contributed by atoms with E-state index in [9.17, 15) is 14.7 Å². The summed E-state index contributed by atoms with van der Waals surface area (Å²) in [4.78, 5) is 26.1. The van der Waals surface area contributed by atoms with E-state index in [2.05, 4.69) is 0 Å². The van der Waals surface area contributed by atoms with Crippen LogP contribution in [0.25, 0.3) is 0 Å². The molecule has 2 fully saturated rings. The number of aryl methyl sites for hydroxylation is 2. The van der Waals surface area contributed by atoms with E-state index in [0.29, 0.717) is 17.7 Å². The van der Waals surface area contributed by atoms with Crippen molar-refractivity contribution >= 4 is 17.5 Å². The van der Waals surface area contributed by atoms with Crippen LogP contribution < -0.4 is 4.90 Å². The third kappa shape index (κ3) is 1.74. The molecule has 19 heavy (non-hydrogen) atoms. The Morgan fingerprint density at radius 1 is 1.05 bits per heavy atom. The van der Waals surface area contributed by atoms with Crippen LogP contribution in [0.3, 0.4) is 0 Å². The highest BCUT2D eigenvalue weighted by atomic mass is 16.3. The predicted octanol–water partition coefficient (Wildman–Crippen LogP) is 2.30. The number of phenolic OH excluding ortho intramolecular Hbond substituents is 1. The first-order valence-corrected chi connectivity index (χ1v) is 6.67. The van der Waals surface area contributed by atoms with E-state index in [4.69, 9.17) is 0 Å². The lowest BCUT2D eigenvalue weighted by Crippen LogP contribution is -2.46. The Morgan fingerprint density at radius 3 is 2.21 bits per heavy atom. The first-order chi connectivity index (χ1) is 8.99. The molecule has 0 aromatic heterocycles. The minimum atomic E-state index is -0.0769. The summed E-state index contributed by atoms with van der Waals surface area (Å²) < 4.78 is 0. The number of nitrogens with zero attached hydrogens (tertiary/aromatic N) is 1. The molecule has 1 aromatic rings. The number of piperidine rings is 1. The van der Waals surface area contributed by atoms with Crippen molar-refractivity contribution in [3.63, 3.8) is 0 Å². The van der Waals surface area contributed by atoms with Gasteiger partial charge in [0.05, 0.1) is 5.69 Å². The fourth-order valence-corrected chi connectivity index (χ4v) is 3.17. The van der Waals surface area contributed by atoms with Crippen molar-refractivity contribution in [2.75, 3.05) is 4.90 Å². The zero-order chi connectivity index (χ0) is 13.7. The van der Waals surface area contributed by atoms with Crippen LogP contribution in [-0.4, -0.2) is 16.9 Å². The van der Waals surface area contributed by atoms with Crippen LogP contribution in [0.15, 0.2) is 12.1 Å². The molecule has 0 spiro atoms. The van der Waals surface area contributed by atoms with Gasteiger partial charge in [-0.25, -0.2) is 4.90 Å². The third-order valence-corrected chi connectivity index (χ3v) is 4.33. The maximum atomic E-state index is 12.4. The van der Waals surface area contributed by atoms with E-state index in [1.807, 2.05) is 6.92 Å². The Labute approximate surface area is 112 Å². The number of carbonyl (C=O) groups is 2. The van der Waals surface area contributed by atoms with Gasteiger partial charge in [-0.3, -0.25) is 9.59 Å². The number of imide groups is 1. The Bertz CT molecular complexity index is 557. The minimum absolute atomic E-state index is 0.00351. The van der Waals surface area contributed by atoms with Crippen molar-refractivity contribution in [1.82, 2.24) is 0 Å². The highest BCUT2D eigenvalue weighted by molar-refractivity contribution is 6.19. The Balaban J connectivity index is 2.08. The number of hydrogen-bond acceptors (Lipinski definition) is 3. The number of amides is 2. The molecule has 1 saturated carbocycles. The zero-order valence-electron chi connectivity index (χ0n) is 11.1. The van der Waals surface area contributed by atoms with E-state index >= 15 is 0 Å². The van der Waals surface area contributed by atoms with Crippen LogP contribution in [0.5, 0.6) is 5.75 Å². The average Bonchev–Trinajstić information content (AvgIpc) is 2.80. The van der Waals surface area contributed by atoms with Gasteiger partial charge in [0.15, 0.2) is 0 Å². The molecule has 100 valence electrons. The summed E-state index contributed by atoms with van der Waals surface area (Å²) >= 11 is 0. The molecular formula is C15H17NO3. The lowest BCUT2D eigenvalue weighted by atomic mass is 9.95. The number of phenols is 1. The second-order valence-electron chi connectivity index (χ2n) is 5.64. The SMILES string of the molecule is Cc1cc(N2C(=O)C3CCC(C3)C2=O)c(C)cc1O. The first kappa shape index (κ1) is 12.2. The van der Waals surface area contributed by atoms with Crippen LogP contribution >= 0.6 is 0 Å². The normalized spacial score (nSPS) is 26.1. The van der Waals surface area contributed by atoms with Crippen molar-refractivity contribution in [2.45, 2.75) is 33.1 Å². The van der Waals surface area contributed by atoms with Crippen LogP contribution in [0, 0.1) is 25.7 Å². The second kappa shape index (κ2) is 4.08. The zero-order valence-corrected chi connectivity index (χ0v) is 11.1. The molecule has 4 nitrogen and oxygen atoms in total. The summed E-state index contributed by atoms with van der Waals surface area (Å²) in [5.41, 5.74) is 2.06. The molecule has 1 aliphatic heterocycles. The van der Waals surface area contributed by atoms with Gasteiger partial charge in [0.25, 0.3) is 0 Å². The van der Waals surface area contributed by atoms with Gasteiger partial charge in [0.1, 0.15) is 5.75 Å². The first-order valence-electron chi connectivity index (χ1n) is 6.67. The fourth-order valence-electron chi connectivity index (χ4n) is 3.17. The Kier molecular flexibility index (Phi) is 2.62. The van der Waals surface area contributed by atoms with Crippen molar-refractivity contribution in [3.05, 3.63) is 23.3 Å². The van der Waals surface area contributed by atoms with Gasteiger partial charge in [-0.15, -0.1) is 0 Å². The number of fused-ring (bicyclic) bond motifs is 2. The molecule has 2 bridgehead atoms. The minimum Gasteiger partial charge on any atom is -0.508 e. The van der Waals surface area contributed by atoms with E-state index in [1.54, 1.807) is 19.1 Å². The molecule has 1 N–H and O–H groups in total. The monoisotopic (exact) mass is 259 g/mol. The summed E-state index contributed by atoms with van der Waals surface area (Å²) in [5, 5.41) is 9.68. The summed E-state index contributed by atoms with van der Waals surface area (Å²) in [7, 11) is 0. The number of carbonyl (C=O) groups excluding carboxylic acids is 2. The molecule has 0 radical (unpaired) electrons. The van der Waals surface area contributed by atoms with E-state index in [-0.39, 0.29) is 29.4 Å². The Hall–Kier alpha value is -1.84. The van der Waals surface area contributed by atoms with Crippen LogP contribution in [-0.2, 0) is 9.59 Å². The molecule has 3 rings (SSSR count). The summed E-state index contributed by atoms with van der Waals surface area (Å²) in [6.45, 7) is 3.58. The largest absolute Gasteiger partial charge is 0.508 e. The number of anilines is 1. The lowest BCUT2D eigenvalue weighted by molar-refractivity contribution is -0.133. The highest BCUT2D eigenvalue weighted by Gasteiger charge is 2.46. The van der Waals surface area contributed by atoms with Gasteiger partial charge >= 0.3 is 0 Å². The second-order valence-corrected chi connectivity index (χ2v) is 5.64. The molecule has 1 heterocycles. The topological polar surface area (TPSA) is 57.6 Å². The standard InChI is InChI=1S/C15H17NO3/c1-8-6-13(17)9(2)5-12(8)16-14(18)10-3-4-11(7-10)15(16)19/h5-6,10-11,17H,3-4,7H2,1-2H3. The predicted molar refractivity (Wildman–Crippen MR) is 70.9 cm³/mol. The van der Waals surface area contributed by atoms with Crippen LogP contribution in [0.4, 0.5) is 5.69 Å². The summed E-state index contributed by atoms with van der Waals surface area (Å²) in [5.74, 6) is 0.0347. The van der Waals surface area contributed by atoms with Crippen LogP contribution in [0.1, 0.15) is 30.4 Å². The van der Waals surface area contributed by atoms with Gasteiger partial charge in [-0.05, 0) is 56.4 Å². The smallest absolute Gasteiger partial charge is 0.236 e. The number of benzene rings is 1. The van der Waals surface area contributed by atoms with Crippen molar-refractivity contribution in [1.29, 1.82) is 0 Å². The van der Waals surface area contributed by atoms with E-state index in [1.165, 1.54) is 4.90 Å². The molecule has 1 aliphatic carbocycles. The molecule has 1 aromatic carbocycles. The number of aromatic hydroxyl groups is 1. The molecule has 2 amide bonds. The Morgan fingerprint density at radius 2 is 1.63 bits per heavy atom. The molecule has 1 saturated heterocycles. The number of hydrogen-bond donors (Lipinski definition) is 1. The molecule has 2 atom stereocenters.